The van der Waals surface area contributed by atoms with Gasteiger partial charge in [-0.25, -0.2) is 0 Å². The number of carboxylic acids is 1. The highest BCUT2D eigenvalue weighted by Gasteiger charge is 2.16. The first kappa shape index (κ1) is 15.8. The highest BCUT2D eigenvalue weighted by atomic mass is 16.4. The van der Waals surface area contributed by atoms with Gasteiger partial charge in [0.05, 0.1) is 6.54 Å². The maximum atomic E-state index is 11.3. The third-order valence-corrected chi connectivity index (χ3v) is 3.51. The van der Waals surface area contributed by atoms with Crippen molar-refractivity contribution in [1.82, 2.24) is 10.3 Å². The largest absolute Gasteiger partial charge is 0.480 e. The molecule has 118 valence electrons. The highest BCUT2D eigenvalue weighted by Crippen LogP contribution is 2.17. The summed E-state index contributed by atoms with van der Waals surface area (Å²) < 4.78 is 0. The molecule has 0 radical (unpaired) electrons. The number of hydrogen-bond acceptors (Lipinski definition) is 2. The van der Waals surface area contributed by atoms with Gasteiger partial charge in [0.15, 0.2) is 0 Å². The maximum Gasteiger partial charge on any atom is 0.338 e. The average Bonchev–Trinajstić information content (AvgIpc) is 2.89. The van der Waals surface area contributed by atoms with Gasteiger partial charge >= 0.3 is 11.9 Å². The van der Waals surface area contributed by atoms with Crippen molar-refractivity contribution >= 4 is 22.8 Å². The van der Waals surface area contributed by atoms with E-state index in [4.69, 9.17) is 11.5 Å². The molecule has 8 N–H and O–H groups in total. The molecule has 0 aliphatic carbocycles. The number of hydrogen-bond donors (Lipinski definition) is 6. The smallest absolute Gasteiger partial charge is 0.338 e. The molecule has 2 rings (SSSR count). The van der Waals surface area contributed by atoms with Gasteiger partial charge in [0.25, 0.3) is 0 Å². The third kappa shape index (κ3) is 4.23. The third-order valence-electron chi connectivity index (χ3n) is 3.51. The number of aliphatic carboxylic acids is 1. The molecule has 1 aromatic carbocycles. The Morgan fingerprint density at radius 1 is 1.36 bits per heavy atom. The lowest BCUT2D eigenvalue weighted by Gasteiger charge is -2.13. The lowest BCUT2D eigenvalue weighted by atomic mass is 10.1. The summed E-state index contributed by atoms with van der Waals surface area (Å²) in [6, 6.07) is 7.33. The number of nitrogens with one attached hydrogen (secondary N) is 3. The van der Waals surface area contributed by atoms with Crippen molar-refractivity contribution in [3.8, 4) is 0 Å². The number of aromatic nitrogens is 1. The van der Waals surface area contributed by atoms with Gasteiger partial charge in [-0.15, -0.1) is 0 Å². The van der Waals surface area contributed by atoms with Crippen molar-refractivity contribution in [3.05, 3.63) is 36.0 Å². The molecule has 1 unspecified atom stereocenters. The minimum Gasteiger partial charge on any atom is -0.480 e. The topological polar surface area (TPSA) is 131 Å². The Hall–Kier alpha value is -2.54. The SMILES string of the molecule is NC(N)=[NH+]CCCC(NCc1c[nH]c2ccccc12)C(=O)O. The zero-order chi connectivity index (χ0) is 15.9. The van der Waals surface area contributed by atoms with Crippen LogP contribution in [0, 0.1) is 0 Å². The van der Waals surface area contributed by atoms with Gasteiger partial charge < -0.3 is 15.4 Å². The number of benzene rings is 1. The van der Waals surface area contributed by atoms with E-state index >= 15 is 0 Å². The van der Waals surface area contributed by atoms with E-state index in [1.165, 1.54) is 0 Å². The van der Waals surface area contributed by atoms with Crippen molar-refractivity contribution in [2.24, 2.45) is 11.5 Å². The molecule has 0 fully saturated rings. The predicted octanol–water partition coefficient (Wildman–Crippen LogP) is -1.16. The van der Waals surface area contributed by atoms with E-state index in [1.54, 1.807) is 0 Å². The van der Waals surface area contributed by atoms with Crippen LogP contribution in [0.4, 0.5) is 0 Å². The minimum absolute atomic E-state index is 0.152. The summed E-state index contributed by atoms with van der Waals surface area (Å²) in [5, 5.41) is 13.5. The fourth-order valence-electron chi connectivity index (χ4n) is 2.36. The lowest BCUT2D eigenvalue weighted by molar-refractivity contribution is -0.459. The summed E-state index contributed by atoms with van der Waals surface area (Å²) >= 11 is 0. The van der Waals surface area contributed by atoms with E-state index in [2.05, 4.69) is 15.3 Å². The van der Waals surface area contributed by atoms with Crippen LogP contribution >= 0.6 is 0 Å². The standard InChI is InChI=1S/C15H21N5O2/c16-15(17)18-7-3-6-13(14(21)22)20-9-10-8-19-12-5-2-1-4-11(10)12/h1-2,4-5,8,13,19-20H,3,6-7,9H2,(H,21,22)(H4,16,17,18)/p+1. The molecular weight excluding hydrogens is 282 g/mol. The van der Waals surface area contributed by atoms with E-state index in [1.807, 2.05) is 30.5 Å². The second-order valence-corrected chi connectivity index (χ2v) is 5.16. The fourth-order valence-corrected chi connectivity index (χ4v) is 2.36. The van der Waals surface area contributed by atoms with Crippen LogP contribution in [0.5, 0.6) is 0 Å². The van der Waals surface area contributed by atoms with Crippen LogP contribution in [0.1, 0.15) is 18.4 Å². The van der Waals surface area contributed by atoms with Crippen molar-refractivity contribution in [1.29, 1.82) is 0 Å². The van der Waals surface area contributed by atoms with Gasteiger partial charge in [0.2, 0.25) is 0 Å². The number of guanidine groups is 1. The summed E-state index contributed by atoms with van der Waals surface area (Å²) in [7, 11) is 0. The molecule has 0 amide bonds. The Labute approximate surface area is 128 Å². The first-order valence-electron chi connectivity index (χ1n) is 7.21. The Balaban J connectivity index is 1.91. The molecule has 0 bridgehead atoms. The van der Waals surface area contributed by atoms with Gasteiger partial charge in [0.1, 0.15) is 6.04 Å². The van der Waals surface area contributed by atoms with Crippen molar-refractivity contribution < 1.29 is 14.9 Å². The van der Waals surface area contributed by atoms with Crippen LogP contribution in [0.2, 0.25) is 0 Å². The summed E-state index contributed by atoms with van der Waals surface area (Å²) in [5.41, 5.74) is 12.7. The zero-order valence-corrected chi connectivity index (χ0v) is 12.3. The predicted molar refractivity (Wildman–Crippen MR) is 85.0 cm³/mol. The van der Waals surface area contributed by atoms with Crippen LogP contribution in [0.25, 0.3) is 10.9 Å². The van der Waals surface area contributed by atoms with Gasteiger partial charge in [-0.2, -0.15) is 0 Å². The number of rotatable bonds is 8. The van der Waals surface area contributed by atoms with Crippen LogP contribution < -0.4 is 21.8 Å². The van der Waals surface area contributed by atoms with E-state index in [0.29, 0.717) is 25.9 Å². The molecule has 7 nitrogen and oxygen atoms in total. The summed E-state index contributed by atoms with van der Waals surface area (Å²) in [4.78, 5) is 17.3. The second kappa shape index (κ2) is 7.46. The van der Waals surface area contributed by atoms with Crippen molar-refractivity contribution in [2.75, 3.05) is 6.54 Å². The normalized spacial score (nSPS) is 12.2. The molecule has 0 spiro atoms. The second-order valence-electron chi connectivity index (χ2n) is 5.16. The van der Waals surface area contributed by atoms with E-state index < -0.39 is 12.0 Å². The van der Waals surface area contributed by atoms with Gasteiger partial charge in [-0.3, -0.25) is 21.3 Å². The van der Waals surface area contributed by atoms with Crippen molar-refractivity contribution in [3.63, 3.8) is 0 Å². The van der Waals surface area contributed by atoms with E-state index in [0.717, 1.165) is 16.5 Å². The molecule has 0 saturated carbocycles. The van der Waals surface area contributed by atoms with E-state index in [-0.39, 0.29) is 5.96 Å². The highest BCUT2D eigenvalue weighted by molar-refractivity contribution is 5.83. The maximum absolute atomic E-state index is 11.3. The quantitative estimate of drug-likeness (QED) is 0.208. The number of aromatic amines is 1. The fraction of sp³-hybridized carbons (Fsp3) is 0.333. The molecule has 1 aromatic heterocycles. The summed E-state index contributed by atoms with van der Waals surface area (Å²) in [6.45, 7) is 1.06. The van der Waals surface area contributed by atoms with Gasteiger partial charge in [-0.05, 0) is 24.5 Å². The van der Waals surface area contributed by atoms with Gasteiger partial charge in [-0.1, -0.05) is 18.2 Å². The molecule has 0 aliphatic heterocycles. The number of carbonyl (C=O) groups is 1. The molecule has 0 saturated heterocycles. The lowest BCUT2D eigenvalue weighted by Crippen LogP contribution is -2.78. The van der Waals surface area contributed by atoms with Crippen molar-refractivity contribution in [2.45, 2.75) is 25.4 Å². The summed E-state index contributed by atoms with van der Waals surface area (Å²) in [5.74, 6) is -0.705. The van der Waals surface area contributed by atoms with E-state index in [9.17, 15) is 9.90 Å². The molecule has 22 heavy (non-hydrogen) atoms. The zero-order valence-electron chi connectivity index (χ0n) is 12.3. The molecule has 1 heterocycles. The van der Waals surface area contributed by atoms with Crippen LogP contribution in [0.3, 0.4) is 0 Å². The Morgan fingerprint density at radius 3 is 2.86 bits per heavy atom. The molecular formula is C15H22N5O2+. The summed E-state index contributed by atoms with van der Waals surface area (Å²) in [6.07, 6.45) is 3.07. The number of fused-ring (bicyclic) bond motifs is 1. The van der Waals surface area contributed by atoms with Crippen LogP contribution in [-0.4, -0.2) is 34.6 Å². The first-order chi connectivity index (χ1) is 10.6. The minimum atomic E-state index is -0.857. The van der Waals surface area contributed by atoms with Crippen LogP contribution in [-0.2, 0) is 11.3 Å². The number of para-hydroxylation sites is 1. The monoisotopic (exact) mass is 304 g/mol. The molecule has 2 aromatic rings. The first-order valence-corrected chi connectivity index (χ1v) is 7.21. The number of nitrogens with two attached hydrogens (primary N) is 2. The molecule has 1 atom stereocenters. The van der Waals surface area contributed by atoms with Crippen LogP contribution in [0.15, 0.2) is 30.5 Å². The molecule has 0 aliphatic rings. The molecule has 7 heteroatoms. The Bertz CT molecular complexity index is 661. The Morgan fingerprint density at radius 2 is 2.14 bits per heavy atom. The Kier molecular flexibility index (Phi) is 5.37. The van der Waals surface area contributed by atoms with Gasteiger partial charge in [0, 0.05) is 23.6 Å². The number of carboxylic acid groups (broad SMARTS) is 1. The average molecular weight is 304 g/mol. The number of H-pyrrole nitrogens is 1.